The fourth-order valence-corrected chi connectivity index (χ4v) is 4.27. The summed E-state index contributed by atoms with van der Waals surface area (Å²) in [4.78, 5) is 9.90. The van der Waals surface area contributed by atoms with Gasteiger partial charge in [-0.2, -0.15) is 4.31 Å². The van der Waals surface area contributed by atoms with Gasteiger partial charge in [-0.1, -0.05) is 12.1 Å². The van der Waals surface area contributed by atoms with E-state index in [0.717, 1.165) is 10.4 Å². The number of nitro benzene ring substituents is 1. The summed E-state index contributed by atoms with van der Waals surface area (Å²) in [6.07, 6.45) is 0. The molecule has 1 atom stereocenters. The summed E-state index contributed by atoms with van der Waals surface area (Å²) in [5.41, 5.74) is 5.92. The van der Waals surface area contributed by atoms with E-state index in [-0.39, 0.29) is 6.54 Å². The first-order valence-electron chi connectivity index (χ1n) is 7.04. The molecule has 25 heavy (non-hydrogen) atoms. The number of nitrogens with zero attached hydrogens (tertiary/aromatic N) is 2. The van der Waals surface area contributed by atoms with Gasteiger partial charge in [0.05, 0.1) is 4.92 Å². The van der Waals surface area contributed by atoms with Gasteiger partial charge in [0.1, 0.15) is 5.82 Å². The molecule has 0 unspecified atom stereocenters. The molecule has 2 aromatic carbocycles. The average Bonchev–Trinajstić information content (AvgIpc) is 2.53. The zero-order chi connectivity index (χ0) is 18.8. The summed E-state index contributed by atoms with van der Waals surface area (Å²) in [6.45, 7) is -0.159. The van der Waals surface area contributed by atoms with E-state index in [1.54, 1.807) is 6.07 Å². The van der Waals surface area contributed by atoms with E-state index >= 15 is 0 Å². The first-order valence-corrected chi connectivity index (χ1v) is 9.56. The molecule has 0 radical (unpaired) electrons. The predicted molar refractivity (Wildman–Crippen MR) is 99.0 cm³/mol. The summed E-state index contributed by atoms with van der Waals surface area (Å²) in [5.74, 6) is -0.471. The van der Waals surface area contributed by atoms with Crippen LogP contribution in [0.5, 0.6) is 0 Å². The second-order valence-electron chi connectivity index (χ2n) is 5.32. The highest BCUT2D eigenvalue weighted by atomic mass is 127. The molecule has 0 saturated heterocycles. The molecular formula is C15H15FIN3O4S. The molecule has 2 N–H and O–H groups in total. The molecule has 2 rings (SSSR count). The number of para-hydroxylation sites is 1. The number of rotatable bonds is 6. The molecule has 0 heterocycles. The van der Waals surface area contributed by atoms with Crippen LogP contribution >= 0.6 is 22.6 Å². The summed E-state index contributed by atoms with van der Waals surface area (Å²) >= 11 is 1.93. The van der Waals surface area contributed by atoms with Gasteiger partial charge in [0.25, 0.3) is 5.69 Å². The lowest BCUT2D eigenvalue weighted by Gasteiger charge is -2.21. The van der Waals surface area contributed by atoms with Crippen molar-refractivity contribution in [3.63, 3.8) is 0 Å². The Balaban J connectivity index is 2.30. The van der Waals surface area contributed by atoms with Crippen LogP contribution in [-0.4, -0.2) is 31.2 Å². The summed E-state index contributed by atoms with van der Waals surface area (Å²) in [7, 11) is -2.85. The van der Waals surface area contributed by atoms with E-state index in [0.29, 0.717) is 9.13 Å². The van der Waals surface area contributed by atoms with Crippen molar-refractivity contribution in [1.29, 1.82) is 0 Å². The molecule has 0 aromatic heterocycles. The molecule has 0 saturated carbocycles. The summed E-state index contributed by atoms with van der Waals surface area (Å²) < 4.78 is 40.4. The summed E-state index contributed by atoms with van der Waals surface area (Å²) in [5, 5.41) is 11.1. The molecule has 0 fully saturated rings. The fourth-order valence-electron chi connectivity index (χ4n) is 2.26. The van der Waals surface area contributed by atoms with E-state index in [1.165, 1.54) is 37.4 Å². The number of halogens is 2. The average molecular weight is 479 g/mol. The van der Waals surface area contributed by atoms with E-state index in [9.17, 15) is 22.9 Å². The van der Waals surface area contributed by atoms with Crippen molar-refractivity contribution in [3.8, 4) is 0 Å². The highest BCUT2D eigenvalue weighted by Crippen LogP contribution is 2.27. The van der Waals surface area contributed by atoms with Gasteiger partial charge in [-0.25, -0.2) is 12.8 Å². The van der Waals surface area contributed by atoms with E-state index < -0.39 is 37.4 Å². The number of nitro groups is 1. The van der Waals surface area contributed by atoms with Gasteiger partial charge in [0, 0.05) is 29.3 Å². The lowest BCUT2D eigenvalue weighted by Crippen LogP contribution is -2.34. The van der Waals surface area contributed by atoms with Crippen molar-refractivity contribution in [1.82, 2.24) is 4.31 Å². The summed E-state index contributed by atoms with van der Waals surface area (Å²) in [6, 6.07) is 8.51. The van der Waals surface area contributed by atoms with E-state index in [4.69, 9.17) is 5.73 Å². The maximum atomic E-state index is 13.5. The van der Waals surface area contributed by atoms with Crippen molar-refractivity contribution in [2.45, 2.75) is 10.9 Å². The third-order valence-electron chi connectivity index (χ3n) is 3.52. The van der Waals surface area contributed by atoms with Gasteiger partial charge < -0.3 is 5.73 Å². The molecule has 10 heteroatoms. The smallest absolute Gasteiger partial charge is 0.289 e. The van der Waals surface area contributed by atoms with Crippen molar-refractivity contribution < 1.29 is 17.7 Å². The topological polar surface area (TPSA) is 107 Å². The van der Waals surface area contributed by atoms with Gasteiger partial charge in [-0.15, -0.1) is 0 Å². The van der Waals surface area contributed by atoms with Crippen LogP contribution in [0.3, 0.4) is 0 Å². The van der Waals surface area contributed by atoms with E-state index in [1.807, 2.05) is 22.6 Å². The number of nitrogens with two attached hydrogens (primary N) is 1. The standard InChI is InChI=1S/C15H15FIN3O4S/c1-19(9-13(18)10-6-11(16)8-12(17)7-10)25(23,24)15-5-3-2-4-14(15)20(21)22/h2-8,13H,9,18H2,1H3/t13-/m1/s1. The highest BCUT2D eigenvalue weighted by molar-refractivity contribution is 14.1. The Morgan fingerprint density at radius 1 is 1.32 bits per heavy atom. The van der Waals surface area contributed by atoms with Gasteiger partial charge in [0.15, 0.2) is 4.90 Å². The number of hydrogen-bond donors (Lipinski definition) is 1. The SMILES string of the molecule is CN(C[C@@H](N)c1cc(F)cc(I)c1)S(=O)(=O)c1ccccc1[N+](=O)[O-]. The molecular weight excluding hydrogens is 464 g/mol. The number of hydrogen-bond acceptors (Lipinski definition) is 5. The molecule has 7 nitrogen and oxygen atoms in total. The Hall–Kier alpha value is -1.63. The second kappa shape index (κ2) is 7.72. The van der Waals surface area contributed by atoms with Crippen molar-refractivity contribution in [3.05, 3.63) is 67.5 Å². The minimum absolute atomic E-state index is 0.159. The van der Waals surface area contributed by atoms with Crippen LogP contribution in [-0.2, 0) is 10.0 Å². The van der Waals surface area contributed by atoms with Crippen LogP contribution in [0.2, 0.25) is 0 Å². The van der Waals surface area contributed by atoms with Crippen molar-refractivity contribution >= 4 is 38.3 Å². The fraction of sp³-hybridized carbons (Fsp3) is 0.200. The Morgan fingerprint density at radius 2 is 1.96 bits per heavy atom. The normalized spacial score (nSPS) is 13.0. The first-order chi connectivity index (χ1) is 11.6. The zero-order valence-electron chi connectivity index (χ0n) is 13.1. The Kier molecular flexibility index (Phi) is 6.08. The van der Waals surface area contributed by atoms with Crippen LogP contribution in [0.15, 0.2) is 47.4 Å². The number of likely N-dealkylation sites (N-methyl/N-ethyl adjacent to an activating group) is 1. The van der Waals surface area contributed by atoms with Crippen molar-refractivity contribution in [2.75, 3.05) is 13.6 Å². The molecule has 0 aliphatic carbocycles. The Bertz CT molecular complexity index is 887. The Morgan fingerprint density at radius 3 is 2.56 bits per heavy atom. The minimum atomic E-state index is -4.12. The molecule has 0 aliphatic heterocycles. The second-order valence-corrected chi connectivity index (χ2v) is 8.58. The molecule has 0 bridgehead atoms. The van der Waals surface area contributed by atoms with Crippen LogP contribution in [0, 0.1) is 19.5 Å². The van der Waals surface area contributed by atoms with Crippen LogP contribution < -0.4 is 5.73 Å². The van der Waals surface area contributed by atoms with Gasteiger partial charge in [-0.05, 0) is 52.4 Å². The molecule has 134 valence electrons. The number of benzene rings is 2. The number of sulfonamides is 1. The van der Waals surface area contributed by atoms with Crippen molar-refractivity contribution in [2.24, 2.45) is 5.73 Å². The maximum absolute atomic E-state index is 13.5. The predicted octanol–water partition coefficient (Wildman–Crippen LogP) is 2.66. The zero-order valence-corrected chi connectivity index (χ0v) is 16.1. The third kappa shape index (κ3) is 4.51. The monoisotopic (exact) mass is 479 g/mol. The van der Waals surface area contributed by atoms with Crippen LogP contribution in [0.4, 0.5) is 10.1 Å². The molecule has 2 aromatic rings. The highest BCUT2D eigenvalue weighted by Gasteiger charge is 2.30. The molecule has 0 spiro atoms. The largest absolute Gasteiger partial charge is 0.323 e. The van der Waals surface area contributed by atoms with E-state index in [2.05, 4.69) is 0 Å². The first kappa shape index (κ1) is 19.7. The van der Waals surface area contributed by atoms with Crippen LogP contribution in [0.25, 0.3) is 0 Å². The van der Waals surface area contributed by atoms with Gasteiger partial charge in [0.2, 0.25) is 10.0 Å². The van der Waals surface area contributed by atoms with Gasteiger partial charge in [-0.3, -0.25) is 10.1 Å². The lowest BCUT2D eigenvalue weighted by atomic mass is 10.1. The third-order valence-corrected chi connectivity index (χ3v) is 6.01. The van der Waals surface area contributed by atoms with Gasteiger partial charge >= 0.3 is 0 Å². The maximum Gasteiger partial charge on any atom is 0.289 e. The van der Waals surface area contributed by atoms with Crippen LogP contribution in [0.1, 0.15) is 11.6 Å². The Labute approximate surface area is 158 Å². The minimum Gasteiger partial charge on any atom is -0.323 e. The molecule has 0 aliphatic rings. The molecule has 0 amide bonds. The lowest BCUT2D eigenvalue weighted by molar-refractivity contribution is -0.387. The quantitative estimate of drug-likeness (QED) is 0.390.